The van der Waals surface area contributed by atoms with E-state index in [9.17, 15) is 55.9 Å². The van der Waals surface area contributed by atoms with Crippen molar-refractivity contribution in [3.63, 3.8) is 0 Å². The standard InChI is InChI=1S/C32H58N2O19/c1-12-19(39)21(41)15(9-35)48-29(12)52-27-22(42)16(10-36)49-32(28(27)53-31-25(45)24(44)20(40)13(2)47-31)51-26-17(11-37)50-30(46-8-6-4-5-7-33)18(23(26)43)34-14(3)38/h12-13,15-32,35-37,39-45H,4-11,33H2,1-3H3,(H,34,38)/t12?,13?,15?,16?,17-,18?,19+,20+,21-,22-,23?,24-,25?,26+,27-,28?,29+,30+,31-,32-/m0/s1. The molecule has 0 aliphatic carbocycles. The first-order chi connectivity index (χ1) is 25.2. The molecule has 20 atom stereocenters. The van der Waals surface area contributed by atoms with Crippen LogP contribution in [0.1, 0.15) is 40.0 Å². The van der Waals surface area contributed by atoms with Crippen LogP contribution in [0.4, 0.5) is 0 Å². The molecule has 0 aromatic carbocycles. The number of carbonyl (C=O) groups is 1. The first-order valence-corrected chi connectivity index (χ1v) is 17.9. The first kappa shape index (κ1) is 44.4. The minimum absolute atomic E-state index is 0.168. The van der Waals surface area contributed by atoms with E-state index in [2.05, 4.69) is 5.32 Å². The lowest BCUT2D eigenvalue weighted by Crippen LogP contribution is -2.69. The molecule has 0 radical (unpaired) electrons. The Morgan fingerprint density at radius 1 is 0.604 bits per heavy atom. The van der Waals surface area contributed by atoms with Gasteiger partial charge < -0.3 is 100 Å². The number of aliphatic hydroxyl groups excluding tert-OH is 10. The van der Waals surface area contributed by atoms with Crippen LogP contribution in [0, 0.1) is 5.92 Å². The second-order valence-corrected chi connectivity index (χ2v) is 13.9. The smallest absolute Gasteiger partial charge is 0.217 e. The molecular formula is C32H58N2O19. The van der Waals surface area contributed by atoms with E-state index in [-0.39, 0.29) is 6.61 Å². The molecule has 0 aromatic heterocycles. The van der Waals surface area contributed by atoms with Crippen LogP contribution in [-0.4, -0.2) is 207 Å². The van der Waals surface area contributed by atoms with Gasteiger partial charge in [-0.2, -0.15) is 0 Å². The molecule has 4 aliphatic heterocycles. The third-order valence-electron chi connectivity index (χ3n) is 10.0. The number of unbranched alkanes of at least 4 members (excludes halogenated alkanes) is 2. The number of nitrogens with one attached hydrogen (secondary N) is 1. The Morgan fingerprint density at radius 3 is 1.81 bits per heavy atom. The Labute approximate surface area is 306 Å². The summed E-state index contributed by atoms with van der Waals surface area (Å²) in [6.07, 6.45) is -25.8. The molecule has 310 valence electrons. The molecule has 8 unspecified atom stereocenters. The van der Waals surface area contributed by atoms with Gasteiger partial charge in [-0.1, -0.05) is 6.92 Å². The van der Waals surface area contributed by atoms with E-state index in [1.165, 1.54) is 20.8 Å². The van der Waals surface area contributed by atoms with Gasteiger partial charge in [-0.05, 0) is 32.7 Å². The van der Waals surface area contributed by atoms with E-state index < -0.39 is 148 Å². The van der Waals surface area contributed by atoms with Crippen LogP contribution >= 0.6 is 0 Å². The van der Waals surface area contributed by atoms with Crippen molar-refractivity contribution in [2.45, 2.75) is 157 Å². The van der Waals surface area contributed by atoms with Crippen LogP contribution in [0.5, 0.6) is 0 Å². The summed E-state index contributed by atoms with van der Waals surface area (Å²) in [6, 6.07) is -1.25. The van der Waals surface area contributed by atoms with Gasteiger partial charge in [-0.3, -0.25) is 4.79 Å². The Kier molecular flexibility index (Phi) is 17.0. The number of amides is 1. The maximum absolute atomic E-state index is 12.2. The number of carbonyl (C=O) groups excluding carboxylic acids is 1. The summed E-state index contributed by atoms with van der Waals surface area (Å²) in [5, 5.41) is 109. The number of rotatable bonds is 16. The molecule has 53 heavy (non-hydrogen) atoms. The van der Waals surface area contributed by atoms with E-state index in [1.807, 2.05) is 0 Å². The lowest BCUT2D eigenvalue weighted by molar-refractivity contribution is -0.400. The van der Waals surface area contributed by atoms with Gasteiger partial charge >= 0.3 is 0 Å². The van der Waals surface area contributed by atoms with Crippen molar-refractivity contribution >= 4 is 5.91 Å². The van der Waals surface area contributed by atoms with Crippen LogP contribution < -0.4 is 11.1 Å². The van der Waals surface area contributed by atoms with E-state index in [0.717, 1.165) is 12.8 Å². The molecule has 4 aliphatic rings. The van der Waals surface area contributed by atoms with E-state index in [0.29, 0.717) is 13.0 Å². The van der Waals surface area contributed by atoms with Gasteiger partial charge in [0.1, 0.15) is 79.3 Å². The molecule has 4 heterocycles. The Morgan fingerprint density at radius 2 is 1.19 bits per heavy atom. The highest BCUT2D eigenvalue weighted by Gasteiger charge is 2.56. The highest BCUT2D eigenvalue weighted by atomic mass is 16.8. The van der Waals surface area contributed by atoms with Gasteiger partial charge in [0.2, 0.25) is 5.91 Å². The van der Waals surface area contributed by atoms with Crippen molar-refractivity contribution in [3.05, 3.63) is 0 Å². The molecule has 4 saturated heterocycles. The summed E-state index contributed by atoms with van der Waals surface area (Å²) in [5.74, 6) is -1.54. The molecule has 21 nitrogen and oxygen atoms in total. The summed E-state index contributed by atoms with van der Waals surface area (Å²) in [7, 11) is 0. The second kappa shape index (κ2) is 20.2. The molecule has 13 N–H and O–H groups in total. The van der Waals surface area contributed by atoms with Crippen LogP contribution in [0.2, 0.25) is 0 Å². The van der Waals surface area contributed by atoms with Crippen LogP contribution in [0.15, 0.2) is 0 Å². The number of aliphatic hydroxyl groups is 10. The molecule has 1 amide bonds. The fraction of sp³-hybridized carbons (Fsp3) is 0.969. The zero-order chi connectivity index (χ0) is 39.1. The zero-order valence-corrected chi connectivity index (χ0v) is 29.9. The van der Waals surface area contributed by atoms with Crippen molar-refractivity contribution < 1.29 is 93.8 Å². The number of ether oxygens (including phenoxy) is 8. The van der Waals surface area contributed by atoms with Gasteiger partial charge in [0.15, 0.2) is 25.2 Å². The highest BCUT2D eigenvalue weighted by Crippen LogP contribution is 2.37. The Bertz CT molecular complexity index is 1110. The molecule has 0 saturated carbocycles. The predicted octanol–water partition coefficient (Wildman–Crippen LogP) is -6.15. The third-order valence-corrected chi connectivity index (χ3v) is 10.0. The number of nitrogens with two attached hydrogens (primary N) is 1. The normalized spacial score (nSPS) is 46.6. The van der Waals surface area contributed by atoms with E-state index >= 15 is 0 Å². The highest BCUT2D eigenvalue weighted by molar-refractivity contribution is 5.73. The summed E-state index contributed by atoms with van der Waals surface area (Å²) in [5.41, 5.74) is 5.55. The minimum atomic E-state index is -1.88. The average Bonchev–Trinajstić information content (AvgIpc) is 3.13. The summed E-state index contributed by atoms with van der Waals surface area (Å²) >= 11 is 0. The minimum Gasteiger partial charge on any atom is -0.394 e. The second-order valence-electron chi connectivity index (χ2n) is 13.9. The average molecular weight is 775 g/mol. The quantitative estimate of drug-likeness (QED) is 0.0649. The van der Waals surface area contributed by atoms with Gasteiger partial charge in [0.25, 0.3) is 0 Å². The van der Waals surface area contributed by atoms with Crippen molar-refractivity contribution in [2.24, 2.45) is 11.7 Å². The van der Waals surface area contributed by atoms with Gasteiger partial charge in [0.05, 0.1) is 32.0 Å². The molecule has 4 fully saturated rings. The largest absolute Gasteiger partial charge is 0.394 e. The van der Waals surface area contributed by atoms with Gasteiger partial charge in [-0.25, -0.2) is 0 Å². The van der Waals surface area contributed by atoms with E-state index in [4.69, 9.17) is 43.6 Å². The third kappa shape index (κ3) is 10.4. The maximum Gasteiger partial charge on any atom is 0.217 e. The van der Waals surface area contributed by atoms with Gasteiger partial charge in [-0.15, -0.1) is 0 Å². The van der Waals surface area contributed by atoms with Crippen LogP contribution in [0.3, 0.4) is 0 Å². The summed E-state index contributed by atoms with van der Waals surface area (Å²) in [6.45, 7) is 2.42. The first-order valence-electron chi connectivity index (χ1n) is 17.9. The van der Waals surface area contributed by atoms with Crippen LogP contribution in [0.25, 0.3) is 0 Å². The summed E-state index contributed by atoms with van der Waals surface area (Å²) < 4.78 is 47.5. The van der Waals surface area contributed by atoms with Crippen molar-refractivity contribution in [2.75, 3.05) is 33.0 Å². The van der Waals surface area contributed by atoms with Crippen molar-refractivity contribution in [3.8, 4) is 0 Å². The van der Waals surface area contributed by atoms with Crippen molar-refractivity contribution in [1.82, 2.24) is 5.32 Å². The molecule has 0 aromatic rings. The maximum atomic E-state index is 12.2. The van der Waals surface area contributed by atoms with Gasteiger partial charge in [0, 0.05) is 19.4 Å². The molecule has 4 rings (SSSR count). The number of hydrogen-bond donors (Lipinski definition) is 12. The summed E-state index contributed by atoms with van der Waals surface area (Å²) in [4.78, 5) is 12.2. The Hall–Kier alpha value is -1.29. The molecular weight excluding hydrogens is 716 g/mol. The number of hydrogen-bond acceptors (Lipinski definition) is 20. The van der Waals surface area contributed by atoms with Crippen molar-refractivity contribution in [1.29, 1.82) is 0 Å². The monoisotopic (exact) mass is 774 g/mol. The lowest BCUT2D eigenvalue weighted by Gasteiger charge is -2.51. The Balaban J connectivity index is 1.68. The van der Waals surface area contributed by atoms with E-state index in [1.54, 1.807) is 0 Å². The zero-order valence-electron chi connectivity index (χ0n) is 29.9. The molecule has 21 heteroatoms. The topological polar surface area (TPSA) is 331 Å². The fourth-order valence-electron chi connectivity index (χ4n) is 6.81. The predicted molar refractivity (Wildman–Crippen MR) is 174 cm³/mol. The fourth-order valence-corrected chi connectivity index (χ4v) is 6.81. The molecule has 0 bridgehead atoms. The lowest BCUT2D eigenvalue weighted by atomic mass is 9.91. The SMILES string of the molecule is CC(=O)NC1C(O)[C@H](O[C@@H]2OC(CO)[C@H](O)[C@H](O[C@H]3OC(CO)[C@H](O)[C@H](O)C3C)C2O[C@@H]2OC(C)[C@@H](O)[C@H](O)C2O)[C@H](CO)O[C@H]1OCCCCCN. The van der Waals surface area contributed by atoms with Crippen LogP contribution in [-0.2, 0) is 42.7 Å². The molecule has 0 spiro atoms.